The molecule has 1 rings (SSSR count). The Labute approximate surface area is 112 Å². The maximum atomic E-state index is 12.2. The van der Waals surface area contributed by atoms with E-state index in [0.29, 0.717) is 5.82 Å². The van der Waals surface area contributed by atoms with Gasteiger partial charge in [0.1, 0.15) is 10.7 Å². The average Bonchev–Trinajstić information content (AvgIpc) is 2.35. The molecule has 1 aromatic heterocycles. The Hall–Kier alpha value is -0.890. The number of likely N-dealkylation sites (N-methyl/N-ethyl adjacent to an activating group) is 1. The predicted octanol–water partition coefficient (Wildman–Crippen LogP) is 0.780. The molecule has 0 bridgehead atoms. The molecule has 0 atom stereocenters. The van der Waals surface area contributed by atoms with Gasteiger partial charge in [-0.2, -0.15) is 4.31 Å². The van der Waals surface area contributed by atoms with Crippen LogP contribution in [0.2, 0.25) is 5.02 Å². The summed E-state index contributed by atoms with van der Waals surface area (Å²) >= 11 is 5.90. The first kappa shape index (κ1) is 15.2. The van der Waals surface area contributed by atoms with Gasteiger partial charge in [-0.25, -0.2) is 13.4 Å². The van der Waals surface area contributed by atoms with Crippen molar-refractivity contribution in [3.8, 4) is 0 Å². The number of halogens is 1. The van der Waals surface area contributed by atoms with E-state index < -0.39 is 10.0 Å². The van der Waals surface area contributed by atoms with Gasteiger partial charge in [0.15, 0.2) is 0 Å². The number of hydrogen-bond acceptors (Lipinski definition) is 5. The summed E-state index contributed by atoms with van der Waals surface area (Å²) in [6, 6.07) is 1.34. The van der Waals surface area contributed by atoms with Crippen LogP contribution in [0, 0.1) is 0 Å². The van der Waals surface area contributed by atoms with Gasteiger partial charge in [-0.1, -0.05) is 18.5 Å². The smallest absolute Gasteiger partial charge is 0.244 e. The number of hydrogen-bond donors (Lipinski definition) is 2. The molecule has 0 saturated carbocycles. The minimum Gasteiger partial charge on any atom is -0.395 e. The molecule has 0 aliphatic carbocycles. The Bertz CT molecular complexity index is 507. The van der Waals surface area contributed by atoms with E-state index in [1.807, 2.05) is 0 Å². The Balaban J connectivity index is 3.15. The monoisotopic (exact) mass is 293 g/mol. The molecule has 0 aliphatic heterocycles. The van der Waals surface area contributed by atoms with Crippen molar-refractivity contribution in [3.63, 3.8) is 0 Å². The second kappa shape index (κ2) is 6.33. The lowest BCUT2D eigenvalue weighted by Gasteiger charge is -2.19. The van der Waals surface area contributed by atoms with Crippen LogP contribution >= 0.6 is 11.6 Å². The fraction of sp³-hybridized carbons (Fsp3) is 0.500. The molecule has 1 aromatic rings. The molecular formula is C10H16ClN3O3S. The molecule has 0 amide bonds. The highest BCUT2D eigenvalue weighted by Gasteiger charge is 2.23. The van der Waals surface area contributed by atoms with Crippen LogP contribution in [0.15, 0.2) is 17.2 Å². The van der Waals surface area contributed by atoms with Crippen molar-refractivity contribution in [2.24, 2.45) is 0 Å². The van der Waals surface area contributed by atoms with Gasteiger partial charge in [-0.3, -0.25) is 0 Å². The molecule has 0 spiro atoms. The summed E-state index contributed by atoms with van der Waals surface area (Å²) in [7, 11) is -2.02. The zero-order chi connectivity index (χ0) is 13.8. The van der Waals surface area contributed by atoms with E-state index in [9.17, 15) is 8.42 Å². The zero-order valence-electron chi connectivity index (χ0n) is 10.2. The van der Waals surface area contributed by atoms with Gasteiger partial charge in [0.2, 0.25) is 10.0 Å². The summed E-state index contributed by atoms with van der Waals surface area (Å²) in [6.07, 6.45) is 1.24. The Kier molecular flexibility index (Phi) is 5.33. The first-order chi connectivity index (χ1) is 8.47. The molecule has 0 radical (unpaired) electrons. The number of pyridine rings is 1. The number of aromatic nitrogens is 1. The topological polar surface area (TPSA) is 82.5 Å². The molecule has 0 unspecified atom stereocenters. The van der Waals surface area contributed by atoms with Crippen molar-refractivity contribution in [1.82, 2.24) is 9.29 Å². The molecule has 6 nitrogen and oxygen atoms in total. The Morgan fingerprint density at radius 3 is 2.67 bits per heavy atom. The fourth-order valence-corrected chi connectivity index (χ4v) is 3.19. The van der Waals surface area contributed by atoms with E-state index in [-0.39, 0.29) is 29.6 Å². The normalized spacial score (nSPS) is 11.8. The van der Waals surface area contributed by atoms with E-state index in [0.717, 1.165) is 0 Å². The van der Waals surface area contributed by atoms with Crippen molar-refractivity contribution in [2.75, 3.05) is 32.1 Å². The van der Waals surface area contributed by atoms with Crippen molar-refractivity contribution in [1.29, 1.82) is 0 Å². The summed E-state index contributed by atoms with van der Waals surface area (Å²) in [5, 5.41) is 11.8. The van der Waals surface area contributed by atoms with Crippen LogP contribution in [0.4, 0.5) is 5.82 Å². The number of aliphatic hydroxyl groups excluding tert-OH is 1. The molecule has 102 valence electrons. The number of rotatable bonds is 6. The van der Waals surface area contributed by atoms with E-state index in [2.05, 4.69) is 10.3 Å². The van der Waals surface area contributed by atoms with Gasteiger partial charge in [-0.05, 0) is 6.07 Å². The molecule has 0 fully saturated rings. The summed E-state index contributed by atoms with van der Waals surface area (Å²) in [4.78, 5) is 3.94. The predicted molar refractivity (Wildman–Crippen MR) is 70.3 cm³/mol. The minimum absolute atomic E-state index is 0.0156. The van der Waals surface area contributed by atoms with Gasteiger partial charge in [0.25, 0.3) is 0 Å². The number of aliphatic hydroxyl groups is 1. The lowest BCUT2D eigenvalue weighted by molar-refractivity contribution is 0.257. The summed E-state index contributed by atoms with van der Waals surface area (Å²) in [5.74, 6) is 0.417. The van der Waals surface area contributed by atoms with Crippen LogP contribution in [0.3, 0.4) is 0 Å². The lowest BCUT2D eigenvalue weighted by atomic mass is 10.4. The highest BCUT2D eigenvalue weighted by molar-refractivity contribution is 7.89. The lowest BCUT2D eigenvalue weighted by Crippen LogP contribution is -2.33. The van der Waals surface area contributed by atoms with E-state index >= 15 is 0 Å². The largest absolute Gasteiger partial charge is 0.395 e. The molecule has 0 aromatic carbocycles. The molecule has 1 heterocycles. The van der Waals surface area contributed by atoms with Crippen molar-refractivity contribution >= 4 is 27.4 Å². The molecule has 0 saturated heterocycles. The molecule has 2 N–H and O–H groups in total. The van der Waals surface area contributed by atoms with Crippen LogP contribution < -0.4 is 5.32 Å². The van der Waals surface area contributed by atoms with Gasteiger partial charge in [0.05, 0.1) is 11.6 Å². The summed E-state index contributed by atoms with van der Waals surface area (Å²) in [5.41, 5.74) is 0. The van der Waals surface area contributed by atoms with Crippen LogP contribution in [0.1, 0.15) is 6.92 Å². The standard InChI is InChI=1S/C10H16ClN3O3S/c1-3-14(4-5-15)18(16,17)8-6-9(11)10(12-2)13-7-8/h6-7,15H,3-5H2,1-2H3,(H,12,13). The third kappa shape index (κ3) is 3.11. The average molecular weight is 294 g/mol. The highest BCUT2D eigenvalue weighted by atomic mass is 35.5. The molecule has 8 heteroatoms. The van der Waals surface area contributed by atoms with E-state index in [1.165, 1.54) is 16.6 Å². The van der Waals surface area contributed by atoms with Crippen molar-refractivity contribution in [3.05, 3.63) is 17.3 Å². The molecule has 18 heavy (non-hydrogen) atoms. The Morgan fingerprint density at radius 2 is 2.22 bits per heavy atom. The third-order valence-electron chi connectivity index (χ3n) is 2.39. The number of anilines is 1. The van der Waals surface area contributed by atoms with Gasteiger partial charge in [0, 0.05) is 26.3 Å². The van der Waals surface area contributed by atoms with Gasteiger partial charge in [-0.15, -0.1) is 0 Å². The number of sulfonamides is 1. The van der Waals surface area contributed by atoms with E-state index in [4.69, 9.17) is 16.7 Å². The second-order valence-electron chi connectivity index (χ2n) is 3.47. The summed E-state index contributed by atoms with van der Waals surface area (Å²) in [6.45, 7) is 1.78. The van der Waals surface area contributed by atoms with Crippen molar-refractivity contribution in [2.45, 2.75) is 11.8 Å². The first-order valence-electron chi connectivity index (χ1n) is 5.41. The number of nitrogens with one attached hydrogen (secondary N) is 1. The minimum atomic E-state index is -3.66. The summed E-state index contributed by atoms with van der Waals surface area (Å²) < 4.78 is 25.6. The van der Waals surface area contributed by atoms with Crippen LogP contribution in [-0.2, 0) is 10.0 Å². The van der Waals surface area contributed by atoms with Gasteiger partial charge >= 0.3 is 0 Å². The van der Waals surface area contributed by atoms with Crippen LogP contribution in [0.5, 0.6) is 0 Å². The maximum Gasteiger partial charge on any atom is 0.244 e. The maximum absolute atomic E-state index is 12.2. The third-order valence-corrected chi connectivity index (χ3v) is 4.62. The van der Waals surface area contributed by atoms with Crippen LogP contribution in [0.25, 0.3) is 0 Å². The second-order valence-corrected chi connectivity index (χ2v) is 5.82. The highest BCUT2D eigenvalue weighted by Crippen LogP contribution is 2.23. The SMILES string of the molecule is CCN(CCO)S(=O)(=O)c1cnc(NC)c(Cl)c1. The Morgan fingerprint density at radius 1 is 1.56 bits per heavy atom. The fourth-order valence-electron chi connectivity index (χ4n) is 1.45. The zero-order valence-corrected chi connectivity index (χ0v) is 11.8. The van der Waals surface area contributed by atoms with Gasteiger partial charge < -0.3 is 10.4 Å². The quantitative estimate of drug-likeness (QED) is 0.810. The first-order valence-corrected chi connectivity index (χ1v) is 7.23. The number of nitrogens with zero attached hydrogens (tertiary/aromatic N) is 2. The van der Waals surface area contributed by atoms with Crippen LogP contribution in [-0.4, -0.2) is 49.6 Å². The molecular weight excluding hydrogens is 278 g/mol. The van der Waals surface area contributed by atoms with E-state index in [1.54, 1.807) is 14.0 Å². The molecule has 0 aliphatic rings. The van der Waals surface area contributed by atoms with Crippen molar-refractivity contribution < 1.29 is 13.5 Å².